The van der Waals surface area contributed by atoms with E-state index in [0.29, 0.717) is 33.8 Å². The Morgan fingerprint density at radius 1 is 0.889 bits per heavy atom. The zero-order valence-corrected chi connectivity index (χ0v) is 23.1. The van der Waals surface area contributed by atoms with Gasteiger partial charge in [-0.25, -0.2) is 0 Å². The largest absolute Gasteiger partial charge is 0.354 e. The fraction of sp³-hybridized carbons (Fsp3) is 0.286. The molecule has 36 heavy (non-hydrogen) atoms. The number of hydrogen-bond donors (Lipinski definition) is 1. The van der Waals surface area contributed by atoms with Crippen molar-refractivity contribution < 1.29 is 9.59 Å². The summed E-state index contributed by atoms with van der Waals surface area (Å²) < 4.78 is 0. The monoisotopic (exact) mass is 562 g/mol. The van der Waals surface area contributed by atoms with Crippen LogP contribution in [0.1, 0.15) is 30.0 Å². The summed E-state index contributed by atoms with van der Waals surface area (Å²) in [6.07, 6.45) is 1.23. The standard InChI is InChI=1S/C28H29Cl3N2O2S/c1-2-13-32-28(35)26(16-20-7-4-3-5-8-20)33(17-21-9-6-10-23(29)14-21)27(34)19-36-18-22-11-12-24(30)25(31)15-22/h3-12,14-15,26H,2,13,16-19H2,1H3,(H,32,35)/t26-/m0/s1. The highest BCUT2D eigenvalue weighted by molar-refractivity contribution is 7.99. The van der Waals surface area contributed by atoms with E-state index in [1.165, 1.54) is 11.8 Å². The lowest BCUT2D eigenvalue weighted by atomic mass is 10.0. The van der Waals surface area contributed by atoms with Gasteiger partial charge in [-0.2, -0.15) is 0 Å². The molecule has 8 heteroatoms. The summed E-state index contributed by atoms with van der Waals surface area (Å²) >= 11 is 19.8. The van der Waals surface area contributed by atoms with Gasteiger partial charge in [-0.1, -0.05) is 90.3 Å². The van der Waals surface area contributed by atoms with E-state index in [1.807, 2.05) is 67.6 Å². The molecule has 0 aliphatic heterocycles. The normalized spacial score (nSPS) is 11.7. The van der Waals surface area contributed by atoms with Crippen LogP contribution in [0, 0.1) is 0 Å². The van der Waals surface area contributed by atoms with Gasteiger partial charge in [0.25, 0.3) is 0 Å². The number of halogens is 3. The van der Waals surface area contributed by atoms with E-state index in [4.69, 9.17) is 34.8 Å². The molecule has 190 valence electrons. The number of nitrogens with one attached hydrogen (secondary N) is 1. The smallest absolute Gasteiger partial charge is 0.243 e. The second kappa shape index (κ2) is 14.5. The molecule has 0 fully saturated rings. The molecule has 3 aromatic rings. The zero-order valence-electron chi connectivity index (χ0n) is 20.1. The van der Waals surface area contributed by atoms with Crippen LogP contribution in [0.2, 0.25) is 15.1 Å². The molecule has 1 atom stereocenters. The van der Waals surface area contributed by atoms with Crippen molar-refractivity contribution >= 4 is 58.4 Å². The van der Waals surface area contributed by atoms with Crippen molar-refractivity contribution in [1.82, 2.24) is 10.2 Å². The van der Waals surface area contributed by atoms with Gasteiger partial charge in [-0.3, -0.25) is 9.59 Å². The summed E-state index contributed by atoms with van der Waals surface area (Å²) in [5.74, 6) is 0.532. The minimum atomic E-state index is -0.656. The lowest BCUT2D eigenvalue weighted by Gasteiger charge is -2.31. The number of carbonyl (C=O) groups excluding carboxylic acids is 2. The predicted octanol–water partition coefficient (Wildman–Crippen LogP) is 7.05. The van der Waals surface area contributed by atoms with Crippen LogP contribution >= 0.6 is 46.6 Å². The fourth-order valence-electron chi connectivity index (χ4n) is 3.72. The molecule has 3 aromatic carbocycles. The van der Waals surface area contributed by atoms with Gasteiger partial charge >= 0.3 is 0 Å². The van der Waals surface area contributed by atoms with E-state index in [0.717, 1.165) is 23.1 Å². The first-order chi connectivity index (χ1) is 17.4. The first kappa shape index (κ1) is 28.4. The van der Waals surface area contributed by atoms with Crippen molar-refractivity contribution in [2.75, 3.05) is 12.3 Å². The molecule has 4 nitrogen and oxygen atoms in total. The van der Waals surface area contributed by atoms with Crippen molar-refractivity contribution in [3.05, 3.63) is 105 Å². The van der Waals surface area contributed by atoms with Crippen molar-refractivity contribution in [3.63, 3.8) is 0 Å². The summed E-state index contributed by atoms with van der Waals surface area (Å²) in [6.45, 7) is 2.83. The van der Waals surface area contributed by atoms with Crippen LogP contribution < -0.4 is 5.32 Å². The average Bonchev–Trinajstić information content (AvgIpc) is 2.87. The zero-order chi connectivity index (χ0) is 25.9. The molecule has 0 heterocycles. The Labute approximate surface area is 232 Å². The van der Waals surface area contributed by atoms with Gasteiger partial charge in [0.1, 0.15) is 6.04 Å². The fourth-order valence-corrected chi connectivity index (χ4v) is 5.11. The molecular weight excluding hydrogens is 535 g/mol. The number of benzene rings is 3. The Kier molecular flexibility index (Phi) is 11.5. The van der Waals surface area contributed by atoms with Crippen molar-refractivity contribution in [2.45, 2.75) is 38.1 Å². The second-order valence-corrected chi connectivity index (χ2v) is 10.6. The number of hydrogen-bond acceptors (Lipinski definition) is 3. The molecule has 0 aliphatic carbocycles. The molecule has 0 bridgehead atoms. The maximum Gasteiger partial charge on any atom is 0.243 e. The van der Waals surface area contributed by atoms with E-state index in [-0.39, 0.29) is 24.1 Å². The SMILES string of the molecule is CCCNC(=O)[C@H](Cc1ccccc1)N(Cc1cccc(Cl)c1)C(=O)CSCc1ccc(Cl)c(Cl)c1. The van der Waals surface area contributed by atoms with E-state index in [1.54, 1.807) is 17.0 Å². The summed E-state index contributed by atoms with van der Waals surface area (Å²) in [4.78, 5) is 28.6. The molecule has 0 saturated carbocycles. The average molecular weight is 564 g/mol. The maximum absolute atomic E-state index is 13.6. The van der Waals surface area contributed by atoms with Crippen LogP contribution in [0.5, 0.6) is 0 Å². The first-order valence-electron chi connectivity index (χ1n) is 11.7. The topological polar surface area (TPSA) is 49.4 Å². The minimum Gasteiger partial charge on any atom is -0.354 e. The third-order valence-electron chi connectivity index (χ3n) is 5.54. The van der Waals surface area contributed by atoms with Gasteiger partial charge in [0.15, 0.2) is 0 Å². The Morgan fingerprint density at radius 3 is 2.33 bits per heavy atom. The number of carbonyl (C=O) groups is 2. The molecule has 0 unspecified atom stereocenters. The highest BCUT2D eigenvalue weighted by atomic mass is 35.5. The number of nitrogens with zero attached hydrogens (tertiary/aromatic N) is 1. The van der Waals surface area contributed by atoms with Crippen LogP contribution in [-0.4, -0.2) is 35.1 Å². The molecule has 0 saturated heterocycles. The van der Waals surface area contributed by atoms with Crippen molar-refractivity contribution in [3.8, 4) is 0 Å². The Balaban J connectivity index is 1.83. The second-order valence-electron chi connectivity index (χ2n) is 8.39. The molecular formula is C28H29Cl3N2O2S. The predicted molar refractivity (Wildman–Crippen MR) is 152 cm³/mol. The Morgan fingerprint density at radius 2 is 1.64 bits per heavy atom. The first-order valence-corrected chi connectivity index (χ1v) is 14.0. The summed E-state index contributed by atoms with van der Waals surface area (Å²) in [7, 11) is 0. The molecule has 1 N–H and O–H groups in total. The van der Waals surface area contributed by atoms with Gasteiger partial charge < -0.3 is 10.2 Å². The molecule has 0 aliphatic rings. The van der Waals surface area contributed by atoms with Crippen LogP contribution in [0.25, 0.3) is 0 Å². The number of rotatable bonds is 12. The Bertz CT molecular complexity index is 1160. The highest BCUT2D eigenvalue weighted by Gasteiger charge is 2.30. The van der Waals surface area contributed by atoms with Gasteiger partial charge in [0.05, 0.1) is 15.8 Å². The molecule has 0 spiro atoms. The van der Waals surface area contributed by atoms with Gasteiger partial charge in [-0.05, 0) is 47.4 Å². The number of thioether (sulfide) groups is 1. The lowest BCUT2D eigenvalue weighted by molar-refractivity contribution is -0.139. The van der Waals surface area contributed by atoms with Crippen LogP contribution in [-0.2, 0) is 28.3 Å². The number of amides is 2. The lowest BCUT2D eigenvalue weighted by Crippen LogP contribution is -2.51. The van der Waals surface area contributed by atoms with Crippen LogP contribution in [0.4, 0.5) is 0 Å². The van der Waals surface area contributed by atoms with E-state index in [9.17, 15) is 9.59 Å². The molecule has 3 rings (SSSR count). The third-order valence-corrected chi connectivity index (χ3v) is 7.50. The summed E-state index contributed by atoms with van der Waals surface area (Å²) in [5.41, 5.74) is 2.83. The van der Waals surface area contributed by atoms with E-state index >= 15 is 0 Å². The summed E-state index contributed by atoms with van der Waals surface area (Å²) in [6, 6.07) is 21.9. The quantitative estimate of drug-likeness (QED) is 0.257. The summed E-state index contributed by atoms with van der Waals surface area (Å²) in [5, 5.41) is 4.55. The van der Waals surface area contributed by atoms with Crippen molar-refractivity contribution in [1.29, 1.82) is 0 Å². The molecule has 0 radical (unpaired) electrons. The molecule has 2 amide bonds. The van der Waals surface area contributed by atoms with E-state index in [2.05, 4.69) is 5.32 Å². The van der Waals surface area contributed by atoms with Gasteiger partial charge in [-0.15, -0.1) is 11.8 Å². The molecule has 0 aromatic heterocycles. The maximum atomic E-state index is 13.6. The minimum absolute atomic E-state index is 0.118. The van der Waals surface area contributed by atoms with Gasteiger partial charge in [0, 0.05) is 30.3 Å². The highest BCUT2D eigenvalue weighted by Crippen LogP contribution is 2.25. The van der Waals surface area contributed by atoms with Crippen molar-refractivity contribution in [2.24, 2.45) is 0 Å². The Hall–Kier alpha value is -2.18. The van der Waals surface area contributed by atoms with Crippen LogP contribution in [0.3, 0.4) is 0 Å². The van der Waals surface area contributed by atoms with Crippen LogP contribution in [0.15, 0.2) is 72.8 Å². The van der Waals surface area contributed by atoms with E-state index < -0.39 is 6.04 Å². The van der Waals surface area contributed by atoms with Gasteiger partial charge in [0.2, 0.25) is 11.8 Å². The third kappa shape index (κ3) is 8.74.